The predicted octanol–water partition coefficient (Wildman–Crippen LogP) is 4.61. The number of nitrogens with zero attached hydrogens (tertiary/aromatic N) is 4. The highest BCUT2D eigenvalue weighted by Gasteiger charge is 2.35. The van der Waals surface area contributed by atoms with Crippen molar-refractivity contribution in [1.29, 1.82) is 0 Å². The standard InChI is InChI=1S/C26H26F3N7O2S/c27-26(28,29)22-14-18(16-32-24(22)31-10-13-36-11-1-2-12-36)21-5-3-4-17-15-33-25(35-23(17)21)34-19-6-8-20(9-7-19)39(30,37)38/h3-9,14-16H,1-2,10-13H2,(H,31,32)(H2,30,37,38)(H,33,34,35). The third-order valence-electron chi connectivity index (χ3n) is 6.47. The number of hydrogen-bond acceptors (Lipinski definition) is 8. The van der Waals surface area contributed by atoms with Gasteiger partial charge >= 0.3 is 6.18 Å². The lowest BCUT2D eigenvalue weighted by atomic mass is 10.0. The Balaban J connectivity index is 1.44. The van der Waals surface area contributed by atoms with Gasteiger partial charge in [-0.05, 0) is 56.3 Å². The fourth-order valence-electron chi connectivity index (χ4n) is 4.51. The van der Waals surface area contributed by atoms with E-state index in [1.54, 1.807) is 24.4 Å². The van der Waals surface area contributed by atoms with Gasteiger partial charge in [-0.3, -0.25) is 0 Å². The van der Waals surface area contributed by atoms with Crippen molar-refractivity contribution in [3.63, 3.8) is 0 Å². The molecule has 0 saturated carbocycles. The summed E-state index contributed by atoms with van der Waals surface area (Å²) in [6.07, 6.45) is 0.575. The van der Waals surface area contributed by atoms with E-state index in [1.807, 2.05) is 0 Å². The highest BCUT2D eigenvalue weighted by molar-refractivity contribution is 7.89. The lowest BCUT2D eigenvalue weighted by Crippen LogP contribution is -2.26. The van der Waals surface area contributed by atoms with Crippen molar-refractivity contribution in [2.45, 2.75) is 23.9 Å². The minimum Gasteiger partial charge on any atom is -0.368 e. The summed E-state index contributed by atoms with van der Waals surface area (Å²) in [7, 11) is -3.84. The number of hydrogen-bond donors (Lipinski definition) is 3. The minimum absolute atomic E-state index is 0.0447. The lowest BCUT2D eigenvalue weighted by molar-refractivity contribution is -0.137. The number of fused-ring (bicyclic) bond motifs is 1. The smallest absolute Gasteiger partial charge is 0.368 e. The van der Waals surface area contributed by atoms with Crippen molar-refractivity contribution in [3.8, 4) is 11.1 Å². The van der Waals surface area contributed by atoms with Gasteiger partial charge < -0.3 is 15.5 Å². The van der Waals surface area contributed by atoms with Crippen LogP contribution >= 0.6 is 0 Å². The fraction of sp³-hybridized carbons (Fsp3) is 0.269. The van der Waals surface area contributed by atoms with Gasteiger partial charge in [-0.1, -0.05) is 18.2 Å². The molecule has 3 heterocycles. The average molecular weight is 558 g/mol. The molecule has 5 rings (SSSR count). The normalized spacial score (nSPS) is 14.6. The molecule has 4 aromatic rings. The number of para-hydroxylation sites is 1. The van der Waals surface area contributed by atoms with E-state index < -0.39 is 21.8 Å². The second kappa shape index (κ2) is 10.8. The molecule has 0 unspecified atom stereocenters. The molecule has 13 heteroatoms. The summed E-state index contributed by atoms with van der Waals surface area (Å²) in [5, 5.41) is 11.6. The number of alkyl halides is 3. The van der Waals surface area contributed by atoms with E-state index in [0.29, 0.717) is 35.2 Å². The molecule has 0 aliphatic carbocycles. The van der Waals surface area contributed by atoms with Gasteiger partial charge in [-0.2, -0.15) is 13.2 Å². The number of primary sulfonamides is 1. The fourth-order valence-corrected chi connectivity index (χ4v) is 5.03. The second-order valence-electron chi connectivity index (χ2n) is 9.22. The van der Waals surface area contributed by atoms with Crippen LogP contribution in [-0.2, 0) is 16.2 Å². The average Bonchev–Trinajstić information content (AvgIpc) is 3.41. The van der Waals surface area contributed by atoms with Crippen LogP contribution in [0.25, 0.3) is 22.0 Å². The molecule has 0 spiro atoms. The molecule has 2 aromatic heterocycles. The van der Waals surface area contributed by atoms with E-state index >= 15 is 0 Å². The highest BCUT2D eigenvalue weighted by atomic mass is 32.2. The monoisotopic (exact) mass is 557 g/mol. The van der Waals surface area contributed by atoms with Crippen LogP contribution in [0.1, 0.15) is 18.4 Å². The Kier molecular flexibility index (Phi) is 7.38. The van der Waals surface area contributed by atoms with E-state index in [2.05, 4.69) is 30.5 Å². The van der Waals surface area contributed by atoms with Crippen LogP contribution in [-0.4, -0.2) is 54.4 Å². The first-order valence-electron chi connectivity index (χ1n) is 12.3. The molecular formula is C26H26F3N7O2S. The van der Waals surface area contributed by atoms with Gasteiger partial charge in [-0.25, -0.2) is 28.5 Å². The summed E-state index contributed by atoms with van der Waals surface area (Å²) in [4.78, 5) is 15.1. The Morgan fingerprint density at radius 1 is 1.00 bits per heavy atom. The lowest BCUT2D eigenvalue weighted by Gasteiger charge is -2.18. The van der Waals surface area contributed by atoms with Crippen LogP contribution in [0.2, 0.25) is 0 Å². The van der Waals surface area contributed by atoms with Gasteiger partial charge in [0.05, 0.1) is 16.0 Å². The number of nitrogens with two attached hydrogens (primary N) is 1. The number of sulfonamides is 1. The van der Waals surface area contributed by atoms with Crippen LogP contribution in [0.4, 0.5) is 30.6 Å². The molecule has 4 N–H and O–H groups in total. The van der Waals surface area contributed by atoms with E-state index in [4.69, 9.17) is 5.14 Å². The van der Waals surface area contributed by atoms with Gasteiger partial charge in [0, 0.05) is 47.7 Å². The van der Waals surface area contributed by atoms with Crippen molar-refractivity contribution in [2.24, 2.45) is 5.14 Å². The summed E-state index contributed by atoms with van der Waals surface area (Å²) in [6, 6.07) is 11.9. The molecular weight excluding hydrogens is 531 g/mol. The maximum atomic E-state index is 14.0. The third kappa shape index (κ3) is 6.27. The molecule has 2 aromatic carbocycles. The van der Waals surface area contributed by atoms with Crippen molar-refractivity contribution >= 4 is 38.4 Å². The quantitative estimate of drug-likeness (QED) is 0.287. The summed E-state index contributed by atoms with van der Waals surface area (Å²) in [5.74, 6) is -0.0203. The van der Waals surface area contributed by atoms with Crippen molar-refractivity contribution in [1.82, 2.24) is 19.9 Å². The first-order chi connectivity index (χ1) is 18.6. The number of pyridine rings is 1. The third-order valence-corrected chi connectivity index (χ3v) is 7.40. The molecule has 1 aliphatic heterocycles. The zero-order chi connectivity index (χ0) is 27.6. The molecule has 1 aliphatic rings. The molecule has 1 fully saturated rings. The predicted molar refractivity (Wildman–Crippen MR) is 143 cm³/mol. The minimum atomic E-state index is -4.60. The number of nitrogens with one attached hydrogen (secondary N) is 2. The maximum absolute atomic E-state index is 14.0. The molecule has 0 atom stereocenters. The second-order valence-corrected chi connectivity index (χ2v) is 10.8. The van der Waals surface area contributed by atoms with Crippen molar-refractivity contribution in [2.75, 3.05) is 36.8 Å². The summed E-state index contributed by atoms with van der Waals surface area (Å²) < 4.78 is 65.0. The largest absolute Gasteiger partial charge is 0.419 e. The molecule has 0 bridgehead atoms. The van der Waals surface area contributed by atoms with E-state index in [0.717, 1.165) is 32.0 Å². The number of likely N-dealkylation sites (tertiary alicyclic amines) is 1. The summed E-state index contributed by atoms with van der Waals surface area (Å²) >= 11 is 0. The summed E-state index contributed by atoms with van der Waals surface area (Å²) in [5.41, 5.74) is 0.815. The van der Waals surface area contributed by atoms with Gasteiger partial charge in [0.25, 0.3) is 0 Å². The molecule has 1 saturated heterocycles. The molecule has 39 heavy (non-hydrogen) atoms. The Hall–Kier alpha value is -3.81. The molecule has 0 amide bonds. The SMILES string of the molecule is NS(=O)(=O)c1ccc(Nc2ncc3cccc(-c4cnc(NCCN5CCCC5)c(C(F)(F)F)c4)c3n2)cc1. The van der Waals surface area contributed by atoms with Gasteiger partial charge in [-0.15, -0.1) is 0 Å². The zero-order valence-corrected chi connectivity index (χ0v) is 21.6. The number of anilines is 3. The van der Waals surface area contributed by atoms with E-state index in [1.165, 1.54) is 30.5 Å². The van der Waals surface area contributed by atoms with Gasteiger partial charge in [0.1, 0.15) is 5.82 Å². The van der Waals surface area contributed by atoms with Crippen LogP contribution in [0.15, 0.2) is 65.8 Å². The number of aromatic nitrogens is 3. The van der Waals surface area contributed by atoms with Gasteiger partial charge in [0.2, 0.25) is 16.0 Å². The zero-order valence-electron chi connectivity index (χ0n) is 20.7. The first-order valence-corrected chi connectivity index (χ1v) is 13.8. The molecule has 204 valence electrons. The Morgan fingerprint density at radius 2 is 1.74 bits per heavy atom. The van der Waals surface area contributed by atoms with Crippen LogP contribution < -0.4 is 15.8 Å². The van der Waals surface area contributed by atoms with Gasteiger partial charge in [0.15, 0.2) is 0 Å². The van der Waals surface area contributed by atoms with Crippen LogP contribution in [0.5, 0.6) is 0 Å². The number of rotatable bonds is 8. The van der Waals surface area contributed by atoms with Crippen molar-refractivity contribution in [3.05, 3.63) is 66.5 Å². The van der Waals surface area contributed by atoms with Crippen LogP contribution in [0, 0.1) is 0 Å². The van der Waals surface area contributed by atoms with E-state index in [-0.39, 0.29) is 22.2 Å². The Bertz CT molecular complexity index is 1590. The summed E-state index contributed by atoms with van der Waals surface area (Å²) in [6.45, 7) is 2.94. The molecule has 0 radical (unpaired) electrons. The van der Waals surface area contributed by atoms with Crippen molar-refractivity contribution < 1.29 is 21.6 Å². The number of benzene rings is 2. The Labute approximate surface area is 223 Å². The maximum Gasteiger partial charge on any atom is 0.419 e. The van der Waals surface area contributed by atoms with Crippen LogP contribution in [0.3, 0.4) is 0 Å². The highest BCUT2D eigenvalue weighted by Crippen LogP contribution is 2.37. The van der Waals surface area contributed by atoms with E-state index in [9.17, 15) is 21.6 Å². The topological polar surface area (TPSA) is 126 Å². The number of halogens is 3. The molecule has 9 nitrogen and oxygen atoms in total. The Morgan fingerprint density at radius 3 is 2.44 bits per heavy atom. The first kappa shape index (κ1) is 26.8.